The van der Waals surface area contributed by atoms with Gasteiger partial charge in [-0.25, -0.2) is 31.2 Å². The smallest absolute Gasteiger partial charge is 0.211 e. The van der Waals surface area contributed by atoms with Crippen molar-refractivity contribution in [2.24, 2.45) is 0 Å². The third-order valence-electron chi connectivity index (χ3n) is 7.92. The van der Waals surface area contributed by atoms with Crippen LogP contribution in [0.4, 0.5) is 0 Å². The van der Waals surface area contributed by atoms with Crippen LogP contribution in [0.2, 0.25) is 0 Å². The molecule has 3 aliphatic heterocycles. The second-order valence-corrected chi connectivity index (χ2v) is 15.5. The molecule has 224 valence electrons. The van der Waals surface area contributed by atoms with Gasteiger partial charge in [0.2, 0.25) is 20.0 Å². The summed E-state index contributed by atoms with van der Waals surface area (Å²) in [5, 5.41) is 0. The van der Waals surface area contributed by atoms with Crippen molar-refractivity contribution < 1.29 is 31.0 Å². The summed E-state index contributed by atoms with van der Waals surface area (Å²) in [6, 6.07) is 0. The summed E-state index contributed by atoms with van der Waals surface area (Å²) in [6.07, 6.45) is 10.8. The van der Waals surface area contributed by atoms with Gasteiger partial charge >= 0.3 is 0 Å². The Kier molecular flexibility index (Phi) is 11.9. The molecule has 0 aromatic heterocycles. The van der Waals surface area contributed by atoms with Crippen LogP contribution in [0.15, 0.2) is 0 Å². The Morgan fingerprint density at radius 1 is 0.684 bits per heavy atom. The molecule has 38 heavy (non-hydrogen) atoms. The van der Waals surface area contributed by atoms with Gasteiger partial charge in [0.05, 0.1) is 18.1 Å². The van der Waals surface area contributed by atoms with E-state index in [4.69, 9.17) is 14.2 Å². The highest BCUT2D eigenvalue weighted by Gasteiger charge is 2.67. The normalized spacial score (nSPS) is 31.3. The van der Waals surface area contributed by atoms with E-state index in [1.54, 1.807) is 0 Å². The highest BCUT2D eigenvalue weighted by atomic mass is 32.2. The van der Waals surface area contributed by atoms with Crippen molar-refractivity contribution in [1.82, 2.24) is 14.3 Å². The Morgan fingerprint density at radius 2 is 1.13 bits per heavy atom. The molecular formula is C26H51N3O7S2. The number of sulfonamides is 2. The van der Waals surface area contributed by atoms with Crippen LogP contribution in [0.25, 0.3) is 0 Å². The molecule has 0 aromatic rings. The molecule has 0 saturated carbocycles. The summed E-state index contributed by atoms with van der Waals surface area (Å²) in [6.45, 7) is 8.48. The first-order chi connectivity index (χ1) is 18.0. The minimum atomic E-state index is -3.44. The van der Waals surface area contributed by atoms with Crippen LogP contribution in [0.3, 0.4) is 0 Å². The maximum atomic E-state index is 12.6. The van der Waals surface area contributed by atoms with Crippen molar-refractivity contribution in [3.8, 4) is 0 Å². The van der Waals surface area contributed by atoms with Crippen LogP contribution in [-0.4, -0.2) is 82.8 Å². The molecule has 3 aliphatic rings. The lowest BCUT2D eigenvalue weighted by Gasteiger charge is -2.32. The molecule has 2 N–H and O–H groups in total. The molecule has 5 atom stereocenters. The third-order valence-corrected chi connectivity index (χ3v) is 10.7. The summed E-state index contributed by atoms with van der Waals surface area (Å²) in [5.41, 5.74) is -1.84. The number of hydrogen-bond acceptors (Lipinski definition) is 8. The molecule has 0 spiro atoms. The van der Waals surface area contributed by atoms with E-state index in [-0.39, 0.29) is 30.8 Å². The Morgan fingerprint density at radius 3 is 1.63 bits per heavy atom. The second kappa shape index (κ2) is 14.0. The van der Waals surface area contributed by atoms with Gasteiger partial charge in [-0.2, -0.15) is 0 Å². The molecular weight excluding hydrogens is 530 g/mol. The van der Waals surface area contributed by atoms with E-state index in [1.165, 1.54) is 12.8 Å². The molecule has 0 amide bonds. The van der Waals surface area contributed by atoms with Gasteiger partial charge in [-0.05, 0) is 26.7 Å². The number of rotatable bonds is 20. The molecule has 0 radical (unpaired) electrons. The van der Waals surface area contributed by atoms with Gasteiger partial charge in [0.1, 0.15) is 29.9 Å². The lowest BCUT2D eigenvalue weighted by molar-refractivity contribution is -0.125. The molecule has 3 heterocycles. The molecule has 0 unspecified atom stereocenters. The average Bonchev–Trinajstić information content (AvgIpc) is 3.49. The fourth-order valence-electron chi connectivity index (χ4n) is 5.59. The maximum Gasteiger partial charge on any atom is 0.211 e. The number of nitrogens with zero attached hydrogens (tertiary/aromatic N) is 1. The standard InChI is InChI=1S/C26H51N3O7S2/c1-5-7-9-11-13-15-17-37(30,31)27-20-25(3)23-29-22(19-34-23)35-26(4,24(29)36-25)21-28-38(32,33)18-16-14-12-10-8-6-2/h22-24,27-28H,5-21H2,1-4H3/t22-,23-,24-,25-,26+/m1/s1. The minimum Gasteiger partial charge on any atom is -0.356 e. The van der Waals surface area contributed by atoms with Gasteiger partial charge < -0.3 is 14.2 Å². The number of nitrogens with one attached hydrogen (secondary N) is 2. The van der Waals surface area contributed by atoms with Crippen molar-refractivity contribution in [3.05, 3.63) is 0 Å². The Balaban J connectivity index is 1.50. The summed E-state index contributed by atoms with van der Waals surface area (Å²) in [7, 11) is -6.89. The van der Waals surface area contributed by atoms with E-state index in [0.29, 0.717) is 19.4 Å². The molecule has 0 bridgehead atoms. The molecule has 3 rings (SSSR count). The fraction of sp³-hybridized carbons (Fsp3) is 1.00. The average molecular weight is 582 g/mol. The lowest BCUT2D eigenvalue weighted by atomic mass is 10.1. The predicted molar refractivity (Wildman–Crippen MR) is 148 cm³/mol. The SMILES string of the molecule is CCCCCCCCS(=O)(=O)NC[C@@]1(C)O[C@H]2N3[C@@H](CO[C@@H]31)O[C@@]2(C)CNS(=O)(=O)CCCCCCCC. The van der Waals surface area contributed by atoms with Gasteiger partial charge in [-0.15, -0.1) is 0 Å². The van der Waals surface area contributed by atoms with Gasteiger partial charge in [-0.3, -0.25) is 0 Å². The molecule has 0 aromatic carbocycles. The molecule has 0 aliphatic carbocycles. The first-order valence-corrected chi connectivity index (χ1v) is 17.9. The highest BCUT2D eigenvalue weighted by Crippen LogP contribution is 2.48. The van der Waals surface area contributed by atoms with Gasteiger partial charge in [-0.1, -0.05) is 78.1 Å². The van der Waals surface area contributed by atoms with Crippen LogP contribution in [0.5, 0.6) is 0 Å². The van der Waals surface area contributed by atoms with Crippen molar-refractivity contribution in [1.29, 1.82) is 0 Å². The van der Waals surface area contributed by atoms with Gasteiger partial charge in [0.15, 0.2) is 0 Å². The zero-order valence-corrected chi connectivity index (χ0v) is 25.5. The number of ether oxygens (including phenoxy) is 3. The van der Waals surface area contributed by atoms with Crippen LogP contribution in [0.1, 0.15) is 105 Å². The Labute approximate surface area is 231 Å². The number of hydrogen-bond donors (Lipinski definition) is 2. The quantitative estimate of drug-likeness (QED) is 0.210. The Bertz CT molecular complexity index is 898. The lowest BCUT2D eigenvalue weighted by Crippen LogP contribution is -2.51. The second-order valence-electron chi connectivity index (χ2n) is 11.6. The monoisotopic (exact) mass is 581 g/mol. The molecule has 10 nitrogen and oxygen atoms in total. The van der Waals surface area contributed by atoms with Crippen LogP contribution >= 0.6 is 0 Å². The zero-order chi connectivity index (χ0) is 27.9. The van der Waals surface area contributed by atoms with E-state index in [2.05, 4.69) is 23.3 Å². The van der Waals surface area contributed by atoms with Crippen LogP contribution in [-0.2, 0) is 34.3 Å². The summed E-state index contributed by atoms with van der Waals surface area (Å²) >= 11 is 0. The molecule has 3 saturated heterocycles. The van der Waals surface area contributed by atoms with Crippen molar-refractivity contribution in [2.75, 3.05) is 31.2 Å². The predicted octanol–water partition coefficient (Wildman–Crippen LogP) is 3.43. The summed E-state index contributed by atoms with van der Waals surface area (Å²) in [5.74, 6) is 0.190. The van der Waals surface area contributed by atoms with Crippen molar-refractivity contribution >= 4 is 20.0 Å². The molecule has 3 fully saturated rings. The first kappa shape index (κ1) is 32.2. The summed E-state index contributed by atoms with van der Waals surface area (Å²) < 4.78 is 74.6. The number of unbranched alkanes of at least 4 members (excludes halogenated alkanes) is 10. The fourth-order valence-corrected chi connectivity index (χ4v) is 8.06. The Hall–Kier alpha value is -0.340. The van der Waals surface area contributed by atoms with Crippen molar-refractivity contribution in [3.63, 3.8) is 0 Å². The van der Waals surface area contributed by atoms with E-state index in [1.807, 2.05) is 18.7 Å². The van der Waals surface area contributed by atoms with E-state index in [9.17, 15) is 16.8 Å². The molecule has 12 heteroatoms. The topological polar surface area (TPSA) is 123 Å². The minimum absolute atomic E-state index is 0.0788. The zero-order valence-electron chi connectivity index (χ0n) is 23.9. The summed E-state index contributed by atoms with van der Waals surface area (Å²) in [4.78, 5) is 1.98. The van der Waals surface area contributed by atoms with Crippen LogP contribution < -0.4 is 9.44 Å². The van der Waals surface area contributed by atoms with Crippen LogP contribution in [0, 0.1) is 0 Å². The maximum absolute atomic E-state index is 12.6. The van der Waals surface area contributed by atoms with Gasteiger partial charge in [0.25, 0.3) is 0 Å². The first-order valence-electron chi connectivity index (χ1n) is 14.6. The van der Waals surface area contributed by atoms with Gasteiger partial charge in [0, 0.05) is 13.1 Å². The third kappa shape index (κ3) is 8.58. The van der Waals surface area contributed by atoms with Crippen molar-refractivity contribution in [2.45, 2.75) is 135 Å². The van der Waals surface area contributed by atoms with E-state index in [0.717, 1.165) is 51.4 Å². The highest BCUT2D eigenvalue weighted by molar-refractivity contribution is 7.89. The van der Waals surface area contributed by atoms with E-state index < -0.39 is 43.7 Å². The largest absolute Gasteiger partial charge is 0.356 e. The van der Waals surface area contributed by atoms with E-state index >= 15 is 0 Å².